The zero-order valence-electron chi connectivity index (χ0n) is 17.7. The Kier molecular flexibility index (Phi) is 5.36. The number of fused-ring (bicyclic) bond motifs is 1. The molecule has 1 unspecified atom stereocenters. The summed E-state index contributed by atoms with van der Waals surface area (Å²) in [6, 6.07) is 20.0. The van der Waals surface area contributed by atoms with Crippen LogP contribution in [0.25, 0.3) is 0 Å². The lowest BCUT2D eigenvalue weighted by Crippen LogP contribution is -2.47. The second-order valence-corrected chi connectivity index (χ2v) is 9.48. The minimum atomic E-state index is -0.0871. The summed E-state index contributed by atoms with van der Waals surface area (Å²) >= 11 is 1.77. The first-order valence-corrected chi connectivity index (χ1v) is 11.8. The molecule has 0 radical (unpaired) electrons. The van der Waals surface area contributed by atoms with Gasteiger partial charge in [-0.3, -0.25) is 9.59 Å². The molecular weight excluding hydrogens is 404 g/mol. The van der Waals surface area contributed by atoms with Crippen LogP contribution in [0.1, 0.15) is 50.8 Å². The molecule has 2 aliphatic rings. The number of benzene rings is 2. The van der Waals surface area contributed by atoms with Gasteiger partial charge in [0, 0.05) is 23.0 Å². The standard InChI is InChI=1S/C26H26N2O2S/c1-18-7-9-19(10-8-18)25-22-14-16-31-23(22)13-15-27(25)24(29)17-28(21-11-12-21)26(30)20-5-3-2-4-6-20/h2-10,14,16,21,25H,11-13,15,17H2,1H3. The number of nitrogens with zero attached hydrogens (tertiary/aromatic N) is 2. The first-order valence-electron chi connectivity index (χ1n) is 10.9. The van der Waals surface area contributed by atoms with E-state index >= 15 is 0 Å². The summed E-state index contributed by atoms with van der Waals surface area (Å²) in [6.07, 6.45) is 2.82. The van der Waals surface area contributed by atoms with Gasteiger partial charge in [0.25, 0.3) is 5.91 Å². The van der Waals surface area contributed by atoms with Crippen LogP contribution < -0.4 is 0 Å². The van der Waals surface area contributed by atoms with Gasteiger partial charge in [0.15, 0.2) is 0 Å². The molecule has 158 valence electrons. The van der Waals surface area contributed by atoms with E-state index in [1.165, 1.54) is 16.0 Å². The molecule has 0 saturated heterocycles. The summed E-state index contributed by atoms with van der Waals surface area (Å²) in [6.45, 7) is 2.90. The summed E-state index contributed by atoms with van der Waals surface area (Å²) in [4.78, 5) is 31.9. The average Bonchev–Trinajstić information content (AvgIpc) is 3.53. The zero-order valence-corrected chi connectivity index (χ0v) is 18.5. The highest BCUT2D eigenvalue weighted by molar-refractivity contribution is 7.10. The zero-order chi connectivity index (χ0) is 21.4. The third kappa shape index (κ3) is 4.02. The summed E-state index contributed by atoms with van der Waals surface area (Å²) in [5.74, 6) is -0.0184. The maximum absolute atomic E-state index is 13.6. The summed E-state index contributed by atoms with van der Waals surface area (Å²) in [5, 5.41) is 2.12. The predicted molar refractivity (Wildman–Crippen MR) is 123 cm³/mol. The maximum atomic E-state index is 13.6. The lowest BCUT2D eigenvalue weighted by atomic mass is 9.92. The molecule has 1 atom stereocenters. The number of hydrogen-bond acceptors (Lipinski definition) is 3. The van der Waals surface area contributed by atoms with Crippen LogP contribution in [0.2, 0.25) is 0 Å². The van der Waals surface area contributed by atoms with E-state index in [0.717, 1.165) is 24.8 Å². The van der Waals surface area contributed by atoms with Gasteiger partial charge >= 0.3 is 0 Å². The quantitative estimate of drug-likeness (QED) is 0.581. The Balaban J connectivity index is 1.43. The summed E-state index contributed by atoms with van der Waals surface area (Å²) < 4.78 is 0. The van der Waals surface area contributed by atoms with E-state index in [4.69, 9.17) is 0 Å². The van der Waals surface area contributed by atoms with Crippen LogP contribution >= 0.6 is 11.3 Å². The van der Waals surface area contributed by atoms with E-state index in [2.05, 4.69) is 42.6 Å². The van der Waals surface area contributed by atoms with Crippen molar-refractivity contribution in [1.82, 2.24) is 9.80 Å². The molecule has 5 heteroatoms. The van der Waals surface area contributed by atoms with Crippen molar-refractivity contribution in [3.05, 3.63) is 93.2 Å². The van der Waals surface area contributed by atoms with E-state index in [-0.39, 0.29) is 30.4 Å². The van der Waals surface area contributed by atoms with Crippen molar-refractivity contribution in [1.29, 1.82) is 0 Å². The van der Waals surface area contributed by atoms with Gasteiger partial charge in [-0.2, -0.15) is 0 Å². The Labute approximate surface area is 187 Å². The van der Waals surface area contributed by atoms with Gasteiger partial charge in [-0.25, -0.2) is 0 Å². The minimum Gasteiger partial charge on any atom is -0.330 e. The molecular formula is C26H26N2O2S. The van der Waals surface area contributed by atoms with Gasteiger partial charge in [0.05, 0.1) is 6.04 Å². The lowest BCUT2D eigenvalue weighted by Gasteiger charge is -2.37. The topological polar surface area (TPSA) is 40.6 Å². The van der Waals surface area contributed by atoms with Gasteiger partial charge in [0.1, 0.15) is 6.54 Å². The molecule has 3 aromatic rings. The summed E-state index contributed by atoms with van der Waals surface area (Å²) in [5.41, 5.74) is 4.21. The van der Waals surface area contributed by atoms with Crippen molar-refractivity contribution in [3.63, 3.8) is 0 Å². The number of thiophene rings is 1. The van der Waals surface area contributed by atoms with Gasteiger partial charge in [-0.05, 0) is 60.9 Å². The smallest absolute Gasteiger partial charge is 0.254 e. The fraction of sp³-hybridized carbons (Fsp3) is 0.308. The first-order chi connectivity index (χ1) is 15.1. The molecule has 0 N–H and O–H groups in total. The highest BCUT2D eigenvalue weighted by atomic mass is 32.1. The highest BCUT2D eigenvalue weighted by Crippen LogP contribution is 2.38. The second kappa shape index (κ2) is 8.31. The van der Waals surface area contributed by atoms with Crippen molar-refractivity contribution < 1.29 is 9.59 Å². The molecule has 2 aromatic carbocycles. The fourth-order valence-electron chi connectivity index (χ4n) is 4.43. The molecule has 1 aliphatic heterocycles. The molecule has 1 aliphatic carbocycles. The number of amides is 2. The van der Waals surface area contributed by atoms with E-state index in [9.17, 15) is 9.59 Å². The van der Waals surface area contributed by atoms with Crippen LogP contribution in [0.3, 0.4) is 0 Å². The van der Waals surface area contributed by atoms with Crippen LogP contribution in [-0.2, 0) is 11.2 Å². The first kappa shape index (κ1) is 20.0. The maximum Gasteiger partial charge on any atom is 0.254 e. The molecule has 5 rings (SSSR count). The van der Waals surface area contributed by atoms with E-state index < -0.39 is 0 Å². The average molecular weight is 431 g/mol. The number of rotatable bonds is 5. The molecule has 1 aromatic heterocycles. The second-order valence-electron chi connectivity index (χ2n) is 8.48. The van der Waals surface area contributed by atoms with E-state index in [1.807, 2.05) is 35.2 Å². The summed E-state index contributed by atoms with van der Waals surface area (Å²) in [7, 11) is 0. The third-order valence-corrected chi connectivity index (χ3v) is 7.25. The van der Waals surface area contributed by atoms with Crippen molar-refractivity contribution >= 4 is 23.2 Å². The SMILES string of the molecule is Cc1ccc(C2c3ccsc3CCN2C(=O)CN(C(=O)c2ccccc2)C2CC2)cc1. The molecule has 1 saturated carbocycles. The van der Waals surface area contributed by atoms with Crippen LogP contribution in [-0.4, -0.2) is 40.7 Å². The van der Waals surface area contributed by atoms with Crippen molar-refractivity contribution in [2.75, 3.05) is 13.1 Å². The van der Waals surface area contributed by atoms with Crippen molar-refractivity contribution in [2.24, 2.45) is 0 Å². The molecule has 0 bridgehead atoms. The molecule has 4 nitrogen and oxygen atoms in total. The van der Waals surface area contributed by atoms with Gasteiger partial charge in [0.2, 0.25) is 5.91 Å². The van der Waals surface area contributed by atoms with E-state index in [1.54, 1.807) is 16.2 Å². The van der Waals surface area contributed by atoms with Crippen LogP contribution in [0.15, 0.2) is 66.0 Å². The largest absolute Gasteiger partial charge is 0.330 e. The van der Waals surface area contributed by atoms with Gasteiger partial charge < -0.3 is 9.80 Å². The monoisotopic (exact) mass is 430 g/mol. The van der Waals surface area contributed by atoms with Crippen molar-refractivity contribution in [2.45, 2.75) is 38.3 Å². The van der Waals surface area contributed by atoms with Crippen LogP contribution in [0.5, 0.6) is 0 Å². The number of carbonyl (C=O) groups excluding carboxylic acids is 2. The van der Waals surface area contributed by atoms with Crippen molar-refractivity contribution in [3.8, 4) is 0 Å². The Morgan fingerprint density at radius 1 is 1.03 bits per heavy atom. The molecule has 1 fully saturated rings. The predicted octanol–water partition coefficient (Wildman–Crippen LogP) is 4.84. The van der Waals surface area contributed by atoms with Crippen LogP contribution in [0, 0.1) is 6.92 Å². The Morgan fingerprint density at radius 3 is 2.48 bits per heavy atom. The third-order valence-electron chi connectivity index (χ3n) is 6.25. The molecule has 2 amide bonds. The number of hydrogen-bond donors (Lipinski definition) is 0. The number of aryl methyl sites for hydroxylation is 1. The fourth-order valence-corrected chi connectivity index (χ4v) is 5.33. The molecule has 31 heavy (non-hydrogen) atoms. The molecule has 2 heterocycles. The Bertz CT molecular complexity index is 1090. The van der Waals surface area contributed by atoms with E-state index in [0.29, 0.717) is 12.1 Å². The highest BCUT2D eigenvalue weighted by Gasteiger charge is 2.38. The molecule has 0 spiro atoms. The minimum absolute atomic E-state index is 0.0265. The van der Waals surface area contributed by atoms with Gasteiger partial charge in [-0.15, -0.1) is 11.3 Å². The lowest BCUT2D eigenvalue weighted by molar-refractivity contribution is -0.134. The number of carbonyl (C=O) groups is 2. The van der Waals surface area contributed by atoms with Gasteiger partial charge in [-0.1, -0.05) is 48.0 Å². The normalized spacial score (nSPS) is 17.8. The Morgan fingerprint density at radius 2 is 1.77 bits per heavy atom. The van der Waals surface area contributed by atoms with Crippen LogP contribution in [0.4, 0.5) is 0 Å². The Hall–Kier alpha value is -2.92.